The van der Waals surface area contributed by atoms with E-state index in [2.05, 4.69) is 10.9 Å². The SMILES string of the molecule is CC(=O)NNC(=O)C1CCCCS1. The first-order valence-corrected chi connectivity index (χ1v) is 5.43. The summed E-state index contributed by atoms with van der Waals surface area (Å²) in [7, 11) is 0. The highest BCUT2D eigenvalue weighted by atomic mass is 32.2. The molecule has 1 unspecified atom stereocenters. The third-order valence-corrected chi connectivity index (χ3v) is 3.21. The Kier molecular flexibility index (Phi) is 4.08. The lowest BCUT2D eigenvalue weighted by molar-refractivity contribution is -0.127. The number of nitrogens with one attached hydrogen (secondary N) is 2. The maximum absolute atomic E-state index is 11.4. The van der Waals surface area contributed by atoms with Crippen molar-refractivity contribution in [1.82, 2.24) is 10.9 Å². The molecule has 1 aliphatic heterocycles. The molecule has 0 aromatic rings. The van der Waals surface area contributed by atoms with Gasteiger partial charge in [0.05, 0.1) is 5.25 Å². The molecule has 0 aromatic heterocycles. The molecule has 2 amide bonds. The zero-order valence-electron chi connectivity index (χ0n) is 7.63. The Hall–Kier alpha value is -0.710. The molecule has 0 aliphatic carbocycles. The maximum Gasteiger partial charge on any atom is 0.251 e. The molecule has 1 aliphatic rings. The van der Waals surface area contributed by atoms with Gasteiger partial charge in [-0.25, -0.2) is 0 Å². The van der Waals surface area contributed by atoms with Gasteiger partial charge in [0.2, 0.25) is 5.91 Å². The van der Waals surface area contributed by atoms with E-state index in [9.17, 15) is 9.59 Å². The Balaban J connectivity index is 2.25. The highest BCUT2D eigenvalue weighted by Gasteiger charge is 2.21. The van der Waals surface area contributed by atoms with Crippen LogP contribution in [0.1, 0.15) is 26.2 Å². The number of thioether (sulfide) groups is 1. The first-order valence-electron chi connectivity index (χ1n) is 4.38. The van der Waals surface area contributed by atoms with Crippen LogP contribution < -0.4 is 10.9 Å². The van der Waals surface area contributed by atoms with Gasteiger partial charge in [0.25, 0.3) is 5.91 Å². The Labute approximate surface area is 81.8 Å². The fourth-order valence-electron chi connectivity index (χ4n) is 1.18. The zero-order chi connectivity index (χ0) is 9.68. The lowest BCUT2D eigenvalue weighted by atomic mass is 10.2. The van der Waals surface area contributed by atoms with E-state index >= 15 is 0 Å². The summed E-state index contributed by atoms with van der Waals surface area (Å²) in [5.74, 6) is 0.715. The summed E-state index contributed by atoms with van der Waals surface area (Å²) in [6.07, 6.45) is 3.20. The molecule has 0 bridgehead atoms. The summed E-state index contributed by atoms with van der Waals surface area (Å²) >= 11 is 1.66. The van der Waals surface area contributed by atoms with Gasteiger partial charge in [-0.3, -0.25) is 20.4 Å². The normalized spacial score (nSPS) is 22.1. The van der Waals surface area contributed by atoms with E-state index in [0.717, 1.165) is 18.6 Å². The van der Waals surface area contributed by atoms with Crippen molar-refractivity contribution in [3.05, 3.63) is 0 Å². The molecule has 0 spiro atoms. The van der Waals surface area contributed by atoms with Gasteiger partial charge in [-0.15, -0.1) is 11.8 Å². The predicted octanol–water partition coefficient (Wildman–Crippen LogP) is 0.439. The van der Waals surface area contributed by atoms with Gasteiger partial charge in [0.1, 0.15) is 0 Å². The molecule has 1 heterocycles. The fraction of sp³-hybridized carbons (Fsp3) is 0.750. The summed E-state index contributed by atoms with van der Waals surface area (Å²) in [6.45, 7) is 1.37. The van der Waals surface area contributed by atoms with Crippen molar-refractivity contribution >= 4 is 23.6 Å². The van der Waals surface area contributed by atoms with E-state index < -0.39 is 0 Å². The van der Waals surface area contributed by atoms with Crippen molar-refractivity contribution in [2.24, 2.45) is 0 Å². The van der Waals surface area contributed by atoms with Gasteiger partial charge in [-0.05, 0) is 18.6 Å². The monoisotopic (exact) mass is 202 g/mol. The quantitative estimate of drug-likeness (QED) is 0.607. The Morgan fingerprint density at radius 1 is 1.31 bits per heavy atom. The van der Waals surface area contributed by atoms with Crippen LogP contribution in [0.4, 0.5) is 0 Å². The largest absolute Gasteiger partial charge is 0.274 e. The molecular weight excluding hydrogens is 188 g/mol. The van der Waals surface area contributed by atoms with Gasteiger partial charge in [-0.2, -0.15) is 0 Å². The number of amides is 2. The summed E-state index contributed by atoms with van der Waals surface area (Å²) in [5.41, 5.74) is 4.68. The summed E-state index contributed by atoms with van der Waals surface area (Å²) in [5, 5.41) is 0.0144. The van der Waals surface area contributed by atoms with Crippen LogP contribution in [-0.2, 0) is 9.59 Å². The maximum atomic E-state index is 11.4. The van der Waals surface area contributed by atoms with Crippen LogP contribution in [0, 0.1) is 0 Å². The molecule has 0 saturated carbocycles. The van der Waals surface area contributed by atoms with Crippen molar-refractivity contribution in [3.8, 4) is 0 Å². The van der Waals surface area contributed by atoms with Crippen LogP contribution in [0.2, 0.25) is 0 Å². The molecule has 0 aromatic carbocycles. The molecule has 5 heteroatoms. The minimum atomic E-state index is -0.242. The van der Waals surface area contributed by atoms with Crippen molar-refractivity contribution in [3.63, 3.8) is 0 Å². The molecule has 1 saturated heterocycles. The summed E-state index contributed by atoms with van der Waals surface area (Å²) in [4.78, 5) is 21.9. The number of hydrazine groups is 1. The van der Waals surface area contributed by atoms with Crippen LogP contribution in [0.25, 0.3) is 0 Å². The number of carbonyl (C=O) groups is 2. The molecule has 4 nitrogen and oxygen atoms in total. The number of hydrogen-bond acceptors (Lipinski definition) is 3. The Bertz CT molecular complexity index is 202. The number of hydrogen-bond donors (Lipinski definition) is 2. The smallest absolute Gasteiger partial charge is 0.251 e. The number of carbonyl (C=O) groups excluding carboxylic acids is 2. The molecule has 2 N–H and O–H groups in total. The van der Waals surface area contributed by atoms with Crippen molar-refractivity contribution < 1.29 is 9.59 Å². The molecule has 13 heavy (non-hydrogen) atoms. The van der Waals surface area contributed by atoms with Gasteiger partial charge in [0.15, 0.2) is 0 Å². The Morgan fingerprint density at radius 3 is 2.62 bits per heavy atom. The topological polar surface area (TPSA) is 58.2 Å². The Morgan fingerprint density at radius 2 is 2.08 bits per heavy atom. The number of rotatable bonds is 1. The first-order chi connectivity index (χ1) is 6.20. The van der Waals surface area contributed by atoms with Crippen LogP contribution in [-0.4, -0.2) is 22.8 Å². The van der Waals surface area contributed by atoms with E-state index in [-0.39, 0.29) is 17.1 Å². The molecule has 1 atom stereocenters. The van der Waals surface area contributed by atoms with Gasteiger partial charge >= 0.3 is 0 Å². The third kappa shape index (κ3) is 3.67. The third-order valence-electron chi connectivity index (χ3n) is 1.83. The van der Waals surface area contributed by atoms with Crippen LogP contribution >= 0.6 is 11.8 Å². The van der Waals surface area contributed by atoms with E-state index in [4.69, 9.17) is 0 Å². The lowest BCUT2D eigenvalue weighted by Gasteiger charge is -2.20. The van der Waals surface area contributed by atoms with E-state index in [0.29, 0.717) is 0 Å². The van der Waals surface area contributed by atoms with Crippen LogP contribution in [0.15, 0.2) is 0 Å². The van der Waals surface area contributed by atoms with E-state index in [1.807, 2.05) is 0 Å². The predicted molar refractivity (Wildman–Crippen MR) is 52.1 cm³/mol. The minimum Gasteiger partial charge on any atom is -0.274 e. The van der Waals surface area contributed by atoms with Crippen molar-refractivity contribution in [2.45, 2.75) is 31.4 Å². The average molecular weight is 202 g/mol. The van der Waals surface area contributed by atoms with Crippen LogP contribution in [0.3, 0.4) is 0 Å². The highest BCUT2D eigenvalue weighted by Crippen LogP contribution is 2.24. The molecule has 0 radical (unpaired) electrons. The molecular formula is C8H14N2O2S. The van der Waals surface area contributed by atoms with Gasteiger partial charge in [-0.1, -0.05) is 6.42 Å². The van der Waals surface area contributed by atoms with E-state index in [1.165, 1.54) is 13.3 Å². The molecule has 1 fully saturated rings. The minimum absolute atomic E-state index is 0.0144. The van der Waals surface area contributed by atoms with Gasteiger partial charge < -0.3 is 0 Å². The van der Waals surface area contributed by atoms with Crippen LogP contribution in [0.5, 0.6) is 0 Å². The first kappa shape index (κ1) is 10.4. The summed E-state index contributed by atoms with van der Waals surface area (Å²) < 4.78 is 0. The van der Waals surface area contributed by atoms with E-state index in [1.54, 1.807) is 11.8 Å². The van der Waals surface area contributed by atoms with Crippen molar-refractivity contribution in [2.75, 3.05) is 5.75 Å². The van der Waals surface area contributed by atoms with Gasteiger partial charge in [0, 0.05) is 6.92 Å². The average Bonchev–Trinajstić information content (AvgIpc) is 2.15. The molecule has 1 rings (SSSR count). The standard InChI is InChI=1S/C8H14N2O2S/c1-6(11)9-10-8(12)7-4-2-3-5-13-7/h7H,2-5H2,1H3,(H,9,11)(H,10,12). The second-order valence-corrected chi connectivity index (χ2v) is 4.34. The highest BCUT2D eigenvalue weighted by molar-refractivity contribution is 8.00. The lowest BCUT2D eigenvalue weighted by Crippen LogP contribution is -2.45. The second kappa shape index (κ2) is 5.11. The summed E-state index contributed by atoms with van der Waals surface area (Å²) in [6, 6.07) is 0. The molecule has 74 valence electrons. The fourth-order valence-corrected chi connectivity index (χ4v) is 2.38. The second-order valence-electron chi connectivity index (χ2n) is 3.03. The van der Waals surface area contributed by atoms with Crippen molar-refractivity contribution in [1.29, 1.82) is 0 Å². The zero-order valence-corrected chi connectivity index (χ0v) is 8.45.